The number of hydrogen-bond donors (Lipinski definition) is 5. The minimum atomic E-state index is -0.581. The molecule has 4 rings (SSSR count). The lowest BCUT2D eigenvalue weighted by atomic mass is 10.0. The van der Waals surface area contributed by atoms with Crippen LogP contribution < -0.4 is 21.3 Å². The maximum Gasteiger partial charge on any atom is 0.256 e. The van der Waals surface area contributed by atoms with Gasteiger partial charge in [-0.05, 0) is 81.7 Å². The topological polar surface area (TPSA) is 123 Å². The van der Waals surface area contributed by atoms with Gasteiger partial charge in [0.1, 0.15) is 17.1 Å². The third-order valence-corrected chi connectivity index (χ3v) is 6.72. The van der Waals surface area contributed by atoms with Crippen molar-refractivity contribution in [2.45, 2.75) is 39.3 Å². The quantitative estimate of drug-likeness (QED) is 0.335. The lowest BCUT2D eigenvalue weighted by Gasteiger charge is -2.36. The number of carbonyl (C=O) groups excluding carboxylic acids is 1. The van der Waals surface area contributed by atoms with Gasteiger partial charge in [0.15, 0.2) is 5.82 Å². The number of phenolic OH excluding ortho intramolecular Hbond substituents is 1. The van der Waals surface area contributed by atoms with Gasteiger partial charge in [0.05, 0.1) is 0 Å². The number of nitrogens with two attached hydrogens (primary N) is 1. The van der Waals surface area contributed by atoms with Gasteiger partial charge in [-0.25, -0.2) is 0 Å². The summed E-state index contributed by atoms with van der Waals surface area (Å²) in [6.07, 6.45) is 2.31. The standard InChI is InChI=1S/C26H35N7O2/c1-16-13-18(14-17(2)23(16)34)15-28-25-22(24(27)35)26(31-30-25)29-19-5-7-21(8-6-19)33-11-9-20(10-12-33)32(3)4/h5-8,13-14,20,34H,9-12,15H2,1-4H3,(H2,27,35)(H3,28,29,30,31). The molecule has 0 unspecified atom stereocenters. The second-order valence-electron chi connectivity index (χ2n) is 9.47. The van der Waals surface area contributed by atoms with E-state index in [0.717, 1.165) is 48.3 Å². The molecule has 0 bridgehead atoms. The summed E-state index contributed by atoms with van der Waals surface area (Å²) in [6, 6.07) is 12.6. The molecule has 9 nitrogen and oxygen atoms in total. The Morgan fingerprint density at radius 3 is 2.37 bits per heavy atom. The number of aromatic nitrogens is 2. The lowest BCUT2D eigenvalue weighted by molar-refractivity contribution is 0.100. The first-order chi connectivity index (χ1) is 16.7. The van der Waals surface area contributed by atoms with Crippen LogP contribution >= 0.6 is 0 Å². The maximum absolute atomic E-state index is 12.2. The van der Waals surface area contributed by atoms with Gasteiger partial charge < -0.3 is 31.3 Å². The lowest BCUT2D eigenvalue weighted by Crippen LogP contribution is -2.41. The first-order valence-electron chi connectivity index (χ1n) is 11.9. The minimum absolute atomic E-state index is 0.270. The first-order valence-corrected chi connectivity index (χ1v) is 11.9. The fraction of sp³-hybridized carbons (Fsp3) is 0.385. The van der Waals surface area contributed by atoms with Gasteiger partial charge in [0.2, 0.25) is 0 Å². The normalized spacial score (nSPS) is 14.4. The first kappa shape index (κ1) is 24.4. The third kappa shape index (κ3) is 5.51. The largest absolute Gasteiger partial charge is 0.507 e. The smallest absolute Gasteiger partial charge is 0.256 e. The molecule has 2 heterocycles. The summed E-state index contributed by atoms with van der Waals surface area (Å²) in [7, 11) is 4.29. The Hall–Kier alpha value is -3.72. The van der Waals surface area contributed by atoms with E-state index >= 15 is 0 Å². The van der Waals surface area contributed by atoms with E-state index in [9.17, 15) is 9.90 Å². The van der Waals surface area contributed by atoms with Crippen LogP contribution in [0.1, 0.15) is 39.9 Å². The molecule has 1 fully saturated rings. The number of phenols is 1. The number of aromatic amines is 1. The summed E-state index contributed by atoms with van der Waals surface area (Å²) in [5, 5.41) is 23.6. The van der Waals surface area contributed by atoms with Gasteiger partial charge in [0.25, 0.3) is 5.91 Å². The maximum atomic E-state index is 12.2. The predicted octanol–water partition coefficient (Wildman–Crippen LogP) is 3.72. The zero-order valence-electron chi connectivity index (χ0n) is 20.9. The van der Waals surface area contributed by atoms with Crippen LogP contribution in [0.3, 0.4) is 0 Å². The molecular formula is C26H35N7O2. The van der Waals surface area contributed by atoms with E-state index in [1.165, 1.54) is 5.69 Å². The van der Waals surface area contributed by atoms with Crippen molar-refractivity contribution in [3.05, 3.63) is 58.7 Å². The zero-order valence-corrected chi connectivity index (χ0v) is 20.9. The molecule has 186 valence electrons. The van der Waals surface area contributed by atoms with Crippen molar-refractivity contribution in [3.8, 4) is 5.75 Å². The molecule has 0 spiro atoms. The summed E-state index contributed by atoms with van der Waals surface area (Å²) < 4.78 is 0. The van der Waals surface area contributed by atoms with E-state index in [1.54, 1.807) is 0 Å². The second kappa shape index (κ2) is 10.3. The van der Waals surface area contributed by atoms with Gasteiger partial charge in [0, 0.05) is 37.1 Å². The SMILES string of the molecule is Cc1cc(CNc2[nH]nc(Nc3ccc(N4CCC(N(C)C)CC4)cc3)c2C(N)=O)cc(C)c1O. The molecule has 0 atom stereocenters. The van der Waals surface area contributed by atoms with Crippen LogP contribution in [-0.4, -0.2) is 59.3 Å². The van der Waals surface area contributed by atoms with Gasteiger partial charge >= 0.3 is 0 Å². The number of piperidine rings is 1. The van der Waals surface area contributed by atoms with Crippen molar-refractivity contribution in [3.63, 3.8) is 0 Å². The zero-order chi connectivity index (χ0) is 25.1. The molecule has 1 aromatic heterocycles. The van der Waals surface area contributed by atoms with E-state index in [0.29, 0.717) is 30.0 Å². The summed E-state index contributed by atoms with van der Waals surface area (Å²) >= 11 is 0. The van der Waals surface area contributed by atoms with E-state index in [1.807, 2.05) is 38.1 Å². The van der Waals surface area contributed by atoms with Crippen LogP contribution in [0.5, 0.6) is 5.75 Å². The Labute approximate surface area is 206 Å². The van der Waals surface area contributed by atoms with Crippen LogP contribution in [-0.2, 0) is 6.54 Å². The molecule has 2 aromatic carbocycles. The van der Waals surface area contributed by atoms with Gasteiger partial charge in [-0.15, -0.1) is 0 Å². The highest BCUT2D eigenvalue weighted by Gasteiger charge is 2.21. The number of hydrogen-bond acceptors (Lipinski definition) is 7. The summed E-state index contributed by atoms with van der Waals surface area (Å²) in [5.74, 6) is 0.534. The van der Waals surface area contributed by atoms with E-state index in [-0.39, 0.29) is 5.56 Å². The molecule has 3 aromatic rings. The number of H-pyrrole nitrogens is 1. The van der Waals surface area contributed by atoms with Crippen molar-refractivity contribution < 1.29 is 9.90 Å². The number of anilines is 4. The number of aromatic hydroxyl groups is 1. The summed E-state index contributed by atoms with van der Waals surface area (Å²) in [6.45, 7) is 6.24. The van der Waals surface area contributed by atoms with Crippen molar-refractivity contribution in [2.75, 3.05) is 42.7 Å². The Morgan fingerprint density at radius 1 is 1.17 bits per heavy atom. The van der Waals surface area contributed by atoms with Crippen LogP contribution in [0.2, 0.25) is 0 Å². The van der Waals surface area contributed by atoms with Crippen molar-refractivity contribution in [1.82, 2.24) is 15.1 Å². The van der Waals surface area contributed by atoms with Crippen molar-refractivity contribution in [2.24, 2.45) is 5.73 Å². The number of primary amides is 1. The Morgan fingerprint density at radius 2 is 1.80 bits per heavy atom. The molecule has 1 aliphatic heterocycles. The van der Waals surface area contributed by atoms with Gasteiger partial charge in [-0.3, -0.25) is 9.89 Å². The molecule has 1 aliphatic rings. The number of nitrogens with zero attached hydrogens (tertiary/aromatic N) is 3. The van der Waals surface area contributed by atoms with E-state index in [4.69, 9.17) is 5.73 Å². The highest BCUT2D eigenvalue weighted by molar-refractivity contribution is 6.03. The molecule has 6 N–H and O–H groups in total. The third-order valence-electron chi connectivity index (χ3n) is 6.72. The van der Waals surface area contributed by atoms with Crippen LogP contribution in [0.4, 0.5) is 23.0 Å². The average Bonchev–Trinajstić information content (AvgIpc) is 3.24. The molecule has 0 aliphatic carbocycles. The number of carbonyl (C=O) groups is 1. The number of rotatable bonds is 8. The van der Waals surface area contributed by atoms with Gasteiger partial charge in [-0.2, -0.15) is 5.10 Å². The van der Waals surface area contributed by atoms with E-state index < -0.39 is 5.91 Å². The minimum Gasteiger partial charge on any atom is -0.507 e. The number of benzene rings is 2. The Bertz CT molecular complexity index is 1160. The van der Waals surface area contributed by atoms with Crippen molar-refractivity contribution >= 4 is 28.9 Å². The van der Waals surface area contributed by atoms with E-state index in [2.05, 4.69) is 56.9 Å². The highest BCUT2D eigenvalue weighted by atomic mass is 16.3. The summed E-state index contributed by atoms with van der Waals surface area (Å²) in [4.78, 5) is 16.9. The molecule has 0 radical (unpaired) electrons. The molecule has 1 saturated heterocycles. The highest BCUT2D eigenvalue weighted by Crippen LogP contribution is 2.28. The van der Waals surface area contributed by atoms with Crippen molar-refractivity contribution in [1.29, 1.82) is 0 Å². The number of aryl methyl sites for hydroxylation is 2. The fourth-order valence-corrected chi connectivity index (χ4v) is 4.67. The second-order valence-corrected chi connectivity index (χ2v) is 9.47. The molecule has 0 saturated carbocycles. The molecule has 35 heavy (non-hydrogen) atoms. The van der Waals surface area contributed by atoms with Gasteiger partial charge in [-0.1, -0.05) is 12.1 Å². The van der Waals surface area contributed by atoms with Crippen LogP contribution in [0, 0.1) is 13.8 Å². The number of nitrogens with one attached hydrogen (secondary N) is 3. The summed E-state index contributed by atoms with van der Waals surface area (Å²) in [5.41, 5.74) is 10.5. The Kier molecular flexibility index (Phi) is 7.16. The Balaban J connectivity index is 1.43. The average molecular weight is 478 g/mol. The van der Waals surface area contributed by atoms with Crippen LogP contribution in [0.25, 0.3) is 0 Å². The molecule has 1 amide bonds. The molecule has 9 heteroatoms. The number of amides is 1. The predicted molar refractivity (Wildman–Crippen MR) is 141 cm³/mol. The monoisotopic (exact) mass is 477 g/mol. The molecular weight excluding hydrogens is 442 g/mol. The fourth-order valence-electron chi connectivity index (χ4n) is 4.67. The van der Waals surface area contributed by atoms with Crippen LogP contribution in [0.15, 0.2) is 36.4 Å².